The third-order valence-corrected chi connectivity index (χ3v) is 2.53. The zero-order valence-corrected chi connectivity index (χ0v) is 10.3. The minimum atomic E-state index is -1.05. The first-order valence-electron chi connectivity index (χ1n) is 5.57. The number of Topliss-reactive ketones (excluding diaryl/α,β-unsaturated/α-hetero) is 1. The average Bonchev–Trinajstić information content (AvgIpc) is 2.35. The van der Waals surface area contributed by atoms with E-state index < -0.39 is 5.97 Å². The Kier molecular flexibility index (Phi) is 4.59. The molecule has 0 saturated carbocycles. The molecule has 96 valence electrons. The molecule has 0 saturated heterocycles. The van der Waals surface area contributed by atoms with Gasteiger partial charge in [0.05, 0.1) is 0 Å². The number of nitrogens with zero attached hydrogens (tertiary/aromatic N) is 1. The summed E-state index contributed by atoms with van der Waals surface area (Å²) < 4.78 is 0. The molecule has 18 heavy (non-hydrogen) atoms. The van der Waals surface area contributed by atoms with Crippen molar-refractivity contribution in [3.05, 3.63) is 35.4 Å². The van der Waals surface area contributed by atoms with Crippen molar-refractivity contribution < 1.29 is 19.5 Å². The third kappa shape index (κ3) is 3.41. The second-order valence-electron chi connectivity index (χ2n) is 3.85. The highest BCUT2D eigenvalue weighted by Crippen LogP contribution is 2.08. The van der Waals surface area contributed by atoms with Gasteiger partial charge in [0.15, 0.2) is 5.78 Å². The van der Waals surface area contributed by atoms with Crippen molar-refractivity contribution in [2.24, 2.45) is 0 Å². The van der Waals surface area contributed by atoms with Crippen molar-refractivity contribution in [2.75, 3.05) is 13.1 Å². The van der Waals surface area contributed by atoms with Crippen molar-refractivity contribution in [1.29, 1.82) is 0 Å². The van der Waals surface area contributed by atoms with E-state index in [9.17, 15) is 14.4 Å². The maximum atomic E-state index is 12.0. The summed E-state index contributed by atoms with van der Waals surface area (Å²) in [6.45, 7) is 3.15. The number of hydrogen-bond acceptors (Lipinski definition) is 3. The topological polar surface area (TPSA) is 74.7 Å². The maximum Gasteiger partial charge on any atom is 0.323 e. The summed E-state index contributed by atoms with van der Waals surface area (Å²) in [7, 11) is 0. The molecule has 1 aromatic rings. The second kappa shape index (κ2) is 5.95. The largest absolute Gasteiger partial charge is 0.480 e. The molecule has 0 heterocycles. The predicted molar refractivity (Wildman–Crippen MR) is 65.7 cm³/mol. The molecule has 0 aliphatic heterocycles. The molecule has 0 bridgehead atoms. The molecule has 0 radical (unpaired) electrons. The van der Waals surface area contributed by atoms with Crippen LogP contribution in [0.25, 0.3) is 0 Å². The van der Waals surface area contributed by atoms with Crippen LogP contribution in [-0.2, 0) is 4.79 Å². The number of carbonyl (C=O) groups excluding carboxylic acids is 2. The Morgan fingerprint density at radius 1 is 1.11 bits per heavy atom. The van der Waals surface area contributed by atoms with Gasteiger partial charge in [0.1, 0.15) is 6.54 Å². The molecule has 1 rings (SSSR count). The van der Waals surface area contributed by atoms with Crippen molar-refractivity contribution in [3.63, 3.8) is 0 Å². The number of rotatable bonds is 5. The summed E-state index contributed by atoms with van der Waals surface area (Å²) in [5, 5.41) is 8.69. The van der Waals surface area contributed by atoms with Gasteiger partial charge in [0, 0.05) is 17.7 Å². The van der Waals surface area contributed by atoms with Crippen LogP contribution in [0.15, 0.2) is 24.3 Å². The van der Waals surface area contributed by atoms with Crippen LogP contribution in [0.1, 0.15) is 34.6 Å². The van der Waals surface area contributed by atoms with Crippen molar-refractivity contribution in [1.82, 2.24) is 4.90 Å². The van der Waals surface area contributed by atoms with Crippen molar-refractivity contribution >= 4 is 17.7 Å². The number of ketones is 1. The SMILES string of the molecule is CCN(CC(=O)O)C(=O)c1ccc(C(C)=O)cc1. The quantitative estimate of drug-likeness (QED) is 0.801. The molecule has 0 unspecified atom stereocenters. The van der Waals surface area contributed by atoms with Gasteiger partial charge < -0.3 is 10.0 Å². The van der Waals surface area contributed by atoms with Gasteiger partial charge in [-0.15, -0.1) is 0 Å². The molecule has 1 amide bonds. The predicted octanol–water partition coefficient (Wildman–Crippen LogP) is 1.44. The highest BCUT2D eigenvalue weighted by Gasteiger charge is 2.16. The number of carbonyl (C=O) groups is 3. The monoisotopic (exact) mass is 249 g/mol. The first-order valence-corrected chi connectivity index (χ1v) is 5.57. The Labute approximate surface area is 105 Å². The van der Waals surface area contributed by atoms with Gasteiger partial charge in [-0.05, 0) is 26.0 Å². The Hall–Kier alpha value is -2.17. The minimum absolute atomic E-state index is 0.0770. The smallest absolute Gasteiger partial charge is 0.323 e. The minimum Gasteiger partial charge on any atom is -0.480 e. The summed E-state index contributed by atoms with van der Waals surface area (Å²) in [6.07, 6.45) is 0. The first kappa shape index (κ1) is 13.9. The number of aliphatic carboxylic acids is 1. The fourth-order valence-corrected chi connectivity index (χ4v) is 1.52. The van der Waals surface area contributed by atoms with Gasteiger partial charge in [0.2, 0.25) is 0 Å². The molecule has 0 atom stereocenters. The summed E-state index contributed by atoms with van der Waals surface area (Å²) in [5.74, 6) is -1.48. The molecular weight excluding hydrogens is 234 g/mol. The number of hydrogen-bond donors (Lipinski definition) is 1. The summed E-state index contributed by atoms with van der Waals surface area (Å²) in [4.78, 5) is 34.9. The van der Waals surface area contributed by atoms with Crippen LogP contribution in [0.5, 0.6) is 0 Å². The lowest BCUT2D eigenvalue weighted by molar-refractivity contribution is -0.137. The molecule has 1 N–H and O–H groups in total. The molecule has 0 fully saturated rings. The fraction of sp³-hybridized carbons (Fsp3) is 0.308. The van der Waals surface area contributed by atoms with Gasteiger partial charge in [0.25, 0.3) is 5.91 Å². The molecule has 5 nitrogen and oxygen atoms in total. The van der Waals surface area contributed by atoms with Gasteiger partial charge in [-0.1, -0.05) is 12.1 Å². The normalized spacial score (nSPS) is 9.89. The Morgan fingerprint density at radius 2 is 1.61 bits per heavy atom. The molecular formula is C13H15NO4. The summed E-state index contributed by atoms with van der Waals surface area (Å²) >= 11 is 0. The highest BCUT2D eigenvalue weighted by atomic mass is 16.4. The molecule has 1 aromatic carbocycles. The third-order valence-electron chi connectivity index (χ3n) is 2.53. The number of amides is 1. The van der Waals surface area contributed by atoms with Gasteiger partial charge >= 0.3 is 5.97 Å². The van der Waals surface area contributed by atoms with E-state index in [4.69, 9.17) is 5.11 Å². The van der Waals surface area contributed by atoms with Crippen LogP contribution >= 0.6 is 0 Å². The average molecular weight is 249 g/mol. The van der Waals surface area contributed by atoms with Crippen molar-refractivity contribution in [3.8, 4) is 0 Å². The van der Waals surface area contributed by atoms with Crippen LogP contribution in [0, 0.1) is 0 Å². The van der Waals surface area contributed by atoms with E-state index in [0.717, 1.165) is 0 Å². The van der Waals surface area contributed by atoms with Crippen LogP contribution in [0.3, 0.4) is 0 Å². The van der Waals surface area contributed by atoms with Gasteiger partial charge in [-0.2, -0.15) is 0 Å². The zero-order chi connectivity index (χ0) is 13.7. The van der Waals surface area contributed by atoms with Crippen LogP contribution < -0.4 is 0 Å². The molecule has 5 heteroatoms. The van der Waals surface area contributed by atoms with Gasteiger partial charge in [-0.3, -0.25) is 14.4 Å². The standard InChI is InChI=1S/C13H15NO4/c1-3-14(8-12(16)17)13(18)11-6-4-10(5-7-11)9(2)15/h4-7H,3,8H2,1-2H3,(H,16,17). The number of carboxylic acid groups (broad SMARTS) is 1. The number of likely N-dealkylation sites (N-methyl/N-ethyl adjacent to an activating group) is 1. The molecule has 0 aliphatic rings. The van der Waals surface area contributed by atoms with E-state index in [1.807, 2.05) is 0 Å². The lowest BCUT2D eigenvalue weighted by atomic mass is 10.1. The maximum absolute atomic E-state index is 12.0. The second-order valence-corrected chi connectivity index (χ2v) is 3.85. The van der Waals surface area contributed by atoms with E-state index in [-0.39, 0.29) is 18.2 Å². The Bertz CT molecular complexity index is 464. The van der Waals surface area contributed by atoms with E-state index in [2.05, 4.69) is 0 Å². The summed E-state index contributed by atoms with van der Waals surface area (Å²) in [6, 6.07) is 6.18. The zero-order valence-electron chi connectivity index (χ0n) is 10.3. The van der Waals surface area contributed by atoms with Crippen LogP contribution in [0.2, 0.25) is 0 Å². The highest BCUT2D eigenvalue weighted by molar-refractivity contribution is 5.98. The lowest BCUT2D eigenvalue weighted by Gasteiger charge is -2.18. The number of benzene rings is 1. The van der Waals surface area contributed by atoms with E-state index >= 15 is 0 Å². The fourth-order valence-electron chi connectivity index (χ4n) is 1.52. The van der Waals surface area contributed by atoms with E-state index in [0.29, 0.717) is 17.7 Å². The van der Waals surface area contributed by atoms with E-state index in [1.165, 1.54) is 24.0 Å². The number of carboxylic acids is 1. The molecule has 0 spiro atoms. The molecule has 0 aromatic heterocycles. The van der Waals surface area contributed by atoms with E-state index in [1.54, 1.807) is 19.1 Å². The molecule has 0 aliphatic carbocycles. The van der Waals surface area contributed by atoms with Gasteiger partial charge in [-0.25, -0.2) is 0 Å². The lowest BCUT2D eigenvalue weighted by Crippen LogP contribution is -2.35. The first-order chi connectivity index (χ1) is 8.45. The Balaban J connectivity index is 2.88. The van der Waals surface area contributed by atoms with Crippen molar-refractivity contribution in [2.45, 2.75) is 13.8 Å². The van der Waals surface area contributed by atoms with Crippen LogP contribution in [0.4, 0.5) is 0 Å². The summed E-state index contributed by atoms with van der Waals surface area (Å²) in [5.41, 5.74) is 0.899. The Morgan fingerprint density at radius 3 is 2.00 bits per heavy atom. The van der Waals surface area contributed by atoms with Crippen LogP contribution in [-0.4, -0.2) is 40.8 Å².